The van der Waals surface area contributed by atoms with E-state index in [-0.39, 0.29) is 11.8 Å². The van der Waals surface area contributed by atoms with E-state index in [0.29, 0.717) is 13.0 Å². The number of nitrogens with two attached hydrogens (primary N) is 1. The summed E-state index contributed by atoms with van der Waals surface area (Å²) in [7, 11) is 0. The number of hydrogen-bond donors (Lipinski definition) is 1. The van der Waals surface area contributed by atoms with Crippen molar-refractivity contribution in [3.05, 3.63) is 35.4 Å². The lowest BCUT2D eigenvalue weighted by atomic mass is 9.87. The van der Waals surface area contributed by atoms with Crippen molar-refractivity contribution >= 4 is 23.4 Å². The largest absolute Gasteiger partial charge is 0.368 e. The number of nitrogens with zero attached hydrogens (tertiary/aromatic N) is 1. The molecular formula is C15H18ClN2O2. The smallest absolute Gasteiger partial charge is 0.244 e. The van der Waals surface area contributed by atoms with Gasteiger partial charge in [-0.1, -0.05) is 18.2 Å². The van der Waals surface area contributed by atoms with Crippen molar-refractivity contribution in [2.24, 2.45) is 11.1 Å². The Hall–Kier alpha value is -1.55. The molecule has 1 aliphatic rings. The van der Waals surface area contributed by atoms with E-state index in [1.165, 1.54) is 0 Å². The Morgan fingerprint density at radius 1 is 1.55 bits per heavy atom. The van der Waals surface area contributed by atoms with Gasteiger partial charge >= 0.3 is 0 Å². The zero-order chi connectivity index (χ0) is 14.9. The quantitative estimate of drug-likeness (QED) is 0.862. The van der Waals surface area contributed by atoms with Crippen LogP contribution in [0.25, 0.3) is 0 Å². The van der Waals surface area contributed by atoms with E-state index in [2.05, 4.69) is 6.07 Å². The minimum atomic E-state index is -0.719. The van der Waals surface area contributed by atoms with E-state index in [1.807, 2.05) is 6.07 Å². The maximum Gasteiger partial charge on any atom is 0.244 e. The van der Waals surface area contributed by atoms with Gasteiger partial charge in [-0.15, -0.1) is 11.6 Å². The monoisotopic (exact) mass is 293 g/mol. The predicted octanol–water partition coefficient (Wildman–Crippen LogP) is 1.66. The van der Waals surface area contributed by atoms with E-state index in [4.69, 9.17) is 17.3 Å². The molecule has 1 atom stereocenters. The molecule has 0 bridgehead atoms. The van der Waals surface area contributed by atoms with Crippen LogP contribution in [0.1, 0.15) is 31.0 Å². The lowest BCUT2D eigenvalue weighted by Crippen LogP contribution is -2.50. The van der Waals surface area contributed by atoms with Crippen molar-refractivity contribution in [2.45, 2.75) is 26.3 Å². The van der Waals surface area contributed by atoms with Crippen LogP contribution in [0.4, 0.5) is 0 Å². The van der Waals surface area contributed by atoms with E-state index >= 15 is 0 Å². The van der Waals surface area contributed by atoms with Crippen molar-refractivity contribution in [3.8, 4) is 0 Å². The average molecular weight is 294 g/mol. The van der Waals surface area contributed by atoms with Crippen LogP contribution < -0.4 is 5.73 Å². The van der Waals surface area contributed by atoms with Crippen molar-refractivity contribution in [1.82, 2.24) is 4.90 Å². The topological polar surface area (TPSA) is 63.4 Å². The van der Waals surface area contributed by atoms with Crippen LogP contribution in [0.2, 0.25) is 0 Å². The van der Waals surface area contributed by atoms with Gasteiger partial charge in [0.05, 0.1) is 5.41 Å². The first-order chi connectivity index (χ1) is 9.38. The van der Waals surface area contributed by atoms with Crippen molar-refractivity contribution in [2.75, 3.05) is 12.4 Å². The van der Waals surface area contributed by atoms with Crippen LogP contribution in [0.3, 0.4) is 0 Å². The van der Waals surface area contributed by atoms with Gasteiger partial charge in [0.2, 0.25) is 11.8 Å². The number of hydrogen-bond acceptors (Lipinski definition) is 2. The van der Waals surface area contributed by atoms with Crippen LogP contribution in [-0.2, 0) is 16.0 Å². The molecule has 1 aliphatic heterocycles. The number of alkyl halides is 1. The van der Waals surface area contributed by atoms with Crippen molar-refractivity contribution in [3.63, 3.8) is 0 Å². The van der Waals surface area contributed by atoms with E-state index in [0.717, 1.165) is 11.1 Å². The number of primary amides is 1. The molecule has 0 fully saturated rings. The summed E-state index contributed by atoms with van der Waals surface area (Å²) in [6, 6.07) is 7.65. The summed E-state index contributed by atoms with van der Waals surface area (Å²) in [5.74, 6) is -0.464. The van der Waals surface area contributed by atoms with Gasteiger partial charge in [0, 0.05) is 12.4 Å². The number of carbonyl (C=O) groups is 2. The van der Waals surface area contributed by atoms with E-state index in [9.17, 15) is 9.59 Å². The highest BCUT2D eigenvalue weighted by Gasteiger charge is 2.40. The predicted molar refractivity (Wildman–Crippen MR) is 77.1 cm³/mol. The molecule has 1 aromatic rings. The zero-order valence-electron chi connectivity index (χ0n) is 11.6. The third-order valence-electron chi connectivity index (χ3n) is 3.66. The summed E-state index contributed by atoms with van der Waals surface area (Å²) in [4.78, 5) is 26.0. The van der Waals surface area contributed by atoms with Crippen LogP contribution in [0.5, 0.6) is 0 Å². The van der Waals surface area contributed by atoms with Gasteiger partial charge < -0.3 is 10.6 Å². The molecule has 2 rings (SSSR count). The summed E-state index contributed by atoms with van der Waals surface area (Å²) in [5.41, 5.74) is 6.61. The molecule has 0 spiro atoms. The second kappa shape index (κ2) is 5.44. The standard InChI is InChI=1S/C15H18ClN2O2/c1-15(2,9-16)14(20)18-8-7-10-5-3-4-6-11(10)12(18)13(17)19/h4-6,12H,7-9H2,1-2H3,(H2,17,19). The maximum absolute atomic E-state index is 12.6. The summed E-state index contributed by atoms with van der Waals surface area (Å²) in [6.07, 6.45) is 0.695. The highest BCUT2D eigenvalue weighted by Crippen LogP contribution is 2.33. The molecule has 1 unspecified atom stereocenters. The van der Waals surface area contributed by atoms with E-state index < -0.39 is 17.4 Å². The molecule has 4 nitrogen and oxygen atoms in total. The van der Waals surface area contributed by atoms with Gasteiger partial charge in [-0.05, 0) is 37.5 Å². The Kier molecular flexibility index (Phi) is 4.04. The minimum absolute atomic E-state index is 0.144. The molecule has 0 aliphatic carbocycles. The molecule has 0 saturated heterocycles. The van der Waals surface area contributed by atoms with Crippen molar-refractivity contribution in [1.29, 1.82) is 0 Å². The normalized spacial score (nSPS) is 18.6. The highest BCUT2D eigenvalue weighted by atomic mass is 35.5. The third-order valence-corrected chi connectivity index (χ3v) is 4.33. The molecule has 2 amide bonds. The lowest BCUT2D eigenvalue weighted by molar-refractivity contribution is -0.146. The number of rotatable bonds is 3. The second-order valence-corrected chi connectivity index (χ2v) is 5.96. The first-order valence-corrected chi connectivity index (χ1v) is 7.07. The van der Waals surface area contributed by atoms with Gasteiger partial charge in [0.15, 0.2) is 0 Å². The number of fused-ring (bicyclic) bond motifs is 1. The maximum atomic E-state index is 12.6. The molecule has 20 heavy (non-hydrogen) atoms. The zero-order valence-corrected chi connectivity index (χ0v) is 12.4. The minimum Gasteiger partial charge on any atom is -0.368 e. The first-order valence-electron chi connectivity index (χ1n) is 6.53. The van der Waals surface area contributed by atoms with Gasteiger partial charge in [-0.25, -0.2) is 0 Å². The van der Waals surface area contributed by atoms with Gasteiger partial charge in [0.25, 0.3) is 0 Å². The number of amides is 2. The molecule has 0 aromatic heterocycles. The molecule has 1 radical (unpaired) electrons. The Morgan fingerprint density at radius 3 is 2.85 bits per heavy atom. The molecule has 1 heterocycles. The van der Waals surface area contributed by atoms with Crippen LogP contribution in [0.15, 0.2) is 18.2 Å². The summed E-state index contributed by atoms with van der Waals surface area (Å²) < 4.78 is 0. The first kappa shape index (κ1) is 14.9. The fourth-order valence-electron chi connectivity index (χ4n) is 2.47. The number of halogens is 1. The number of carbonyl (C=O) groups excluding carboxylic acids is 2. The third kappa shape index (κ3) is 2.52. The molecule has 0 saturated carbocycles. The second-order valence-electron chi connectivity index (χ2n) is 5.70. The summed E-state index contributed by atoms with van der Waals surface area (Å²) in [6.45, 7) is 4.01. The molecule has 107 valence electrons. The molecule has 1 aromatic carbocycles. The van der Waals surface area contributed by atoms with Gasteiger partial charge in [-0.2, -0.15) is 0 Å². The van der Waals surface area contributed by atoms with E-state index in [1.54, 1.807) is 30.9 Å². The van der Waals surface area contributed by atoms with Crippen LogP contribution >= 0.6 is 11.6 Å². The van der Waals surface area contributed by atoms with Gasteiger partial charge in [0.1, 0.15) is 6.04 Å². The Labute approximate surface area is 123 Å². The fourth-order valence-corrected chi connectivity index (χ4v) is 2.58. The highest BCUT2D eigenvalue weighted by molar-refractivity contribution is 6.19. The van der Waals surface area contributed by atoms with Crippen LogP contribution in [-0.4, -0.2) is 29.1 Å². The molecule has 2 N–H and O–H groups in total. The van der Waals surface area contributed by atoms with Gasteiger partial charge in [-0.3, -0.25) is 9.59 Å². The number of benzene rings is 1. The summed E-state index contributed by atoms with van der Waals surface area (Å²) >= 11 is 5.87. The Morgan fingerprint density at radius 2 is 2.25 bits per heavy atom. The molecule has 5 heteroatoms. The lowest BCUT2D eigenvalue weighted by Gasteiger charge is -2.39. The Bertz CT molecular complexity index is 542. The summed E-state index contributed by atoms with van der Waals surface area (Å²) in [5, 5.41) is 0. The van der Waals surface area contributed by atoms with Crippen LogP contribution in [0, 0.1) is 11.5 Å². The average Bonchev–Trinajstić information content (AvgIpc) is 2.44. The molecular weight excluding hydrogens is 276 g/mol. The van der Waals surface area contributed by atoms with Crippen molar-refractivity contribution < 1.29 is 9.59 Å². The SMILES string of the molecule is CC(C)(CCl)C(=O)N1CCc2c[c]ccc2C1C(N)=O. The fraction of sp³-hybridized carbons (Fsp3) is 0.467. The Balaban J connectivity index is 2.42.